The number of carbonyl (C=O) groups is 2. The van der Waals surface area contributed by atoms with Crippen LogP contribution in [-0.4, -0.2) is 59.9 Å². The number of hydrogen-bond donors (Lipinski definition) is 0. The molecule has 0 saturated carbocycles. The van der Waals surface area contributed by atoms with Gasteiger partial charge in [0, 0.05) is 19.6 Å². The van der Waals surface area contributed by atoms with Crippen molar-refractivity contribution >= 4 is 11.8 Å². The van der Waals surface area contributed by atoms with E-state index >= 15 is 0 Å². The maximum atomic E-state index is 12.5. The van der Waals surface area contributed by atoms with E-state index in [1.165, 1.54) is 11.2 Å². The Balaban J connectivity index is 1.62. The van der Waals surface area contributed by atoms with E-state index in [4.69, 9.17) is 13.9 Å². The first-order valence-corrected chi connectivity index (χ1v) is 8.80. The summed E-state index contributed by atoms with van der Waals surface area (Å²) in [4.78, 5) is 31.9. The van der Waals surface area contributed by atoms with Gasteiger partial charge >= 0.3 is 0 Å². The molecule has 2 amide bonds. The van der Waals surface area contributed by atoms with Gasteiger partial charge in [-0.05, 0) is 31.5 Å². The Morgan fingerprint density at radius 2 is 2.11 bits per heavy atom. The number of carbonyl (C=O) groups excluding carboxylic acids is 2. The molecule has 8 heteroatoms. The summed E-state index contributed by atoms with van der Waals surface area (Å²) in [6.07, 6.45) is 1.30. The van der Waals surface area contributed by atoms with Crippen LogP contribution in [0.15, 0.2) is 28.9 Å². The first-order chi connectivity index (χ1) is 13.0. The van der Waals surface area contributed by atoms with Crippen LogP contribution in [0.4, 0.5) is 0 Å². The zero-order valence-corrected chi connectivity index (χ0v) is 15.7. The van der Waals surface area contributed by atoms with Crippen molar-refractivity contribution in [2.24, 2.45) is 0 Å². The van der Waals surface area contributed by atoms with Gasteiger partial charge in [0.25, 0.3) is 5.91 Å². The van der Waals surface area contributed by atoms with Crippen LogP contribution < -0.4 is 9.47 Å². The average molecular weight is 373 g/mol. The number of amides is 2. The first-order valence-electron chi connectivity index (χ1n) is 8.80. The number of oxazole rings is 1. The molecule has 2 aromatic rings. The second kappa shape index (κ2) is 8.11. The fraction of sp³-hybridized carbons (Fsp3) is 0.421. The standard InChI is InChI=1S/C19H23N3O5/c1-4-21-7-8-22(10-18(21)23)19(24)14-11-27-17(20-14)12-26-15-6-5-13(2)9-16(15)25-3/h5-6,9,11H,4,7-8,10,12H2,1-3H3. The van der Waals surface area contributed by atoms with Crippen molar-refractivity contribution < 1.29 is 23.5 Å². The van der Waals surface area contributed by atoms with Crippen LogP contribution in [0.1, 0.15) is 28.9 Å². The zero-order valence-electron chi connectivity index (χ0n) is 15.7. The molecule has 0 bridgehead atoms. The number of benzene rings is 1. The van der Waals surface area contributed by atoms with E-state index in [9.17, 15) is 9.59 Å². The van der Waals surface area contributed by atoms with Gasteiger partial charge in [0.1, 0.15) is 12.8 Å². The van der Waals surface area contributed by atoms with Gasteiger partial charge in [-0.1, -0.05) is 6.07 Å². The lowest BCUT2D eigenvalue weighted by atomic mass is 10.2. The Morgan fingerprint density at radius 1 is 1.30 bits per heavy atom. The van der Waals surface area contributed by atoms with E-state index < -0.39 is 0 Å². The highest BCUT2D eigenvalue weighted by atomic mass is 16.5. The molecule has 0 N–H and O–H groups in total. The van der Waals surface area contributed by atoms with Crippen molar-refractivity contribution in [3.63, 3.8) is 0 Å². The van der Waals surface area contributed by atoms with Crippen LogP contribution >= 0.6 is 0 Å². The fourth-order valence-electron chi connectivity index (χ4n) is 2.89. The molecule has 0 atom stereocenters. The summed E-state index contributed by atoms with van der Waals surface area (Å²) in [5, 5.41) is 0. The van der Waals surface area contributed by atoms with Crippen molar-refractivity contribution in [1.29, 1.82) is 0 Å². The minimum Gasteiger partial charge on any atom is -0.493 e. The monoisotopic (exact) mass is 373 g/mol. The highest BCUT2D eigenvalue weighted by molar-refractivity contribution is 5.95. The van der Waals surface area contributed by atoms with Crippen LogP contribution in [0.25, 0.3) is 0 Å². The molecule has 1 saturated heterocycles. The number of rotatable bonds is 6. The Bertz CT molecular complexity index is 833. The summed E-state index contributed by atoms with van der Waals surface area (Å²) in [5.74, 6) is 1.08. The van der Waals surface area contributed by atoms with Crippen LogP contribution in [0.3, 0.4) is 0 Å². The van der Waals surface area contributed by atoms with E-state index in [0.29, 0.717) is 31.1 Å². The molecule has 8 nitrogen and oxygen atoms in total. The number of aryl methyl sites for hydroxylation is 1. The number of piperazine rings is 1. The molecule has 1 aliphatic rings. The molecule has 0 unspecified atom stereocenters. The van der Waals surface area contributed by atoms with Crippen LogP contribution in [0, 0.1) is 6.92 Å². The maximum Gasteiger partial charge on any atom is 0.276 e. The lowest BCUT2D eigenvalue weighted by molar-refractivity contribution is -0.134. The molecule has 0 aliphatic carbocycles. The molecule has 0 radical (unpaired) electrons. The highest BCUT2D eigenvalue weighted by Crippen LogP contribution is 2.28. The minimum atomic E-state index is -0.318. The molecule has 1 aromatic carbocycles. The number of ether oxygens (including phenoxy) is 2. The smallest absolute Gasteiger partial charge is 0.276 e. The van der Waals surface area contributed by atoms with Gasteiger partial charge in [-0.25, -0.2) is 4.98 Å². The molecule has 27 heavy (non-hydrogen) atoms. The molecule has 1 aliphatic heterocycles. The van der Waals surface area contributed by atoms with Crippen molar-refractivity contribution in [3.8, 4) is 11.5 Å². The van der Waals surface area contributed by atoms with Gasteiger partial charge in [-0.15, -0.1) is 0 Å². The van der Waals surface area contributed by atoms with Crippen molar-refractivity contribution in [3.05, 3.63) is 41.6 Å². The summed E-state index contributed by atoms with van der Waals surface area (Å²) >= 11 is 0. The molecule has 0 spiro atoms. The summed E-state index contributed by atoms with van der Waals surface area (Å²) in [5.41, 5.74) is 1.23. The van der Waals surface area contributed by atoms with Crippen molar-refractivity contribution in [2.75, 3.05) is 33.3 Å². The number of methoxy groups -OCH3 is 1. The Labute approximate surface area is 157 Å². The third kappa shape index (κ3) is 4.21. The minimum absolute atomic E-state index is 0.0596. The van der Waals surface area contributed by atoms with Gasteiger partial charge in [0.2, 0.25) is 11.8 Å². The van der Waals surface area contributed by atoms with Gasteiger partial charge in [-0.2, -0.15) is 0 Å². The summed E-state index contributed by atoms with van der Waals surface area (Å²) in [6.45, 7) is 5.67. The van der Waals surface area contributed by atoms with E-state index in [2.05, 4.69) is 4.98 Å². The lowest BCUT2D eigenvalue weighted by Gasteiger charge is -2.33. The lowest BCUT2D eigenvalue weighted by Crippen LogP contribution is -2.52. The number of aromatic nitrogens is 1. The third-order valence-electron chi connectivity index (χ3n) is 4.43. The predicted octanol–water partition coefficient (Wildman–Crippen LogP) is 1.87. The Morgan fingerprint density at radius 3 is 2.81 bits per heavy atom. The van der Waals surface area contributed by atoms with E-state index in [-0.39, 0.29) is 36.6 Å². The SMILES string of the molecule is CCN1CCN(C(=O)c2coc(COc3ccc(C)cc3OC)n2)CC1=O. The molecule has 1 aromatic heterocycles. The third-order valence-corrected chi connectivity index (χ3v) is 4.43. The number of nitrogens with zero attached hydrogens (tertiary/aromatic N) is 3. The van der Waals surface area contributed by atoms with Gasteiger partial charge < -0.3 is 23.7 Å². The summed E-state index contributed by atoms with van der Waals surface area (Å²) in [6, 6.07) is 5.59. The predicted molar refractivity (Wildman–Crippen MR) is 96.7 cm³/mol. The Kier molecular flexibility index (Phi) is 5.63. The maximum absolute atomic E-state index is 12.5. The molecular formula is C19H23N3O5. The van der Waals surface area contributed by atoms with E-state index in [1.807, 2.05) is 32.0 Å². The van der Waals surface area contributed by atoms with Crippen LogP contribution in [-0.2, 0) is 11.4 Å². The second-order valence-corrected chi connectivity index (χ2v) is 6.27. The molecule has 2 heterocycles. The Hall–Kier alpha value is -3.03. The average Bonchev–Trinajstić information content (AvgIpc) is 3.15. The molecule has 1 fully saturated rings. The van der Waals surface area contributed by atoms with Gasteiger partial charge in [-0.3, -0.25) is 9.59 Å². The first kappa shape index (κ1) is 18.8. The molecule has 144 valence electrons. The molecular weight excluding hydrogens is 350 g/mol. The number of hydrogen-bond acceptors (Lipinski definition) is 6. The molecule has 3 rings (SSSR count). The van der Waals surface area contributed by atoms with Gasteiger partial charge in [0.15, 0.2) is 23.8 Å². The van der Waals surface area contributed by atoms with Crippen LogP contribution in [0.2, 0.25) is 0 Å². The zero-order chi connectivity index (χ0) is 19.4. The quantitative estimate of drug-likeness (QED) is 0.769. The topological polar surface area (TPSA) is 85.1 Å². The largest absolute Gasteiger partial charge is 0.493 e. The van der Waals surface area contributed by atoms with Crippen molar-refractivity contribution in [1.82, 2.24) is 14.8 Å². The van der Waals surface area contributed by atoms with E-state index in [1.54, 1.807) is 12.0 Å². The van der Waals surface area contributed by atoms with Crippen molar-refractivity contribution in [2.45, 2.75) is 20.5 Å². The normalized spacial score (nSPS) is 14.4. The summed E-state index contributed by atoms with van der Waals surface area (Å²) in [7, 11) is 1.57. The van der Waals surface area contributed by atoms with E-state index in [0.717, 1.165) is 5.56 Å². The van der Waals surface area contributed by atoms with Crippen LogP contribution in [0.5, 0.6) is 11.5 Å². The second-order valence-electron chi connectivity index (χ2n) is 6.27. The van der Waals surface area contributed by atoms with Gasteiger partial charge in [0.05, 0.1) is 7.11 Å². The summed E-state index contributed by atoms with van der Waals surface area (Å²) < 4.78 is 16.3. The fourth-order valence-corrected chi connectivity index (χ4v) is 2.89. The number of likely N-dealkylation sites (N-methyl/N-ethyl adjacent to an activating group) is 1. The highest BCUT2D eigenvalue weighted by Gasteiger charge is 2.28.